The molecule has 0 radical (unpaired) electrons. The molecule has 0 heterocycles. The van der Waals surface area contributed by atoms with Crippen LogP contribution in [0.5, 0.6) is 11.5 Å². The van der Waals surface area contributed by atoms with E-state index in [4.69, 9.17) is 26.2 Å². The van der Waals surface area contributed by atoms with Crippen LogP contribution in [0.4, 0.5) is 0 Å². The van der Waals surface area contributed by atoms with Gasteiger partial charge in [-0.25, -0.2) is 0 Å². The van der Waals surface area contributed by atoms with Gasteiger partial charge < -0.3 is 14.6 Å². The number of aryl methyl sites for hydroxylation is 1. The first-order valence-electron chi connectivity index (χ1n) is 4.74. The van der Waals surface area contributed by atoms with Crippen molar-refractivity contribution in [1.82, 2.24) is 0 Å². The van der Waals surface area contributed by atoms with E-state index >= 15 is 0 Å². The molecule has 0 bridgehead atoms. The molecule has 0 unspecified atom stereocenters. The number of methoxy groups -OCH3 is 2. The molecule has 1 aromatic carbocycles. The third-order valence-corrected chi connectivity index (χ3v) is 2.51. The summed E-state index contributed by atoms with van der Waals surface area (Å²) in [5.41, 5.74) is 0.961. The second-order valence-electron chi connectivity index (χ2n) is 3.13. The number of hydrogen-bond acceptors (Lipinski definition) is 3. The van der Waals surface area contributed by atoms with Gasteiger partial charge in [0.1, 0.15) is 0 Å². The molecule has 0 aliphatic rings. The molecule has 0 saturated heterocycles. The normalized spacial score (nSPS) is 10.1. The van der Waals surface area contributed by atoms with E-state index in [-0.39, 0.29) is 6.61 Å². The molecule has 4 heteroatoms. The first kappa shape index (κ1) is 12.1. The average Bonchev–Trinajstić information content (AvgIpc) is 2.27. The van der Waals surface area contributed by atoms with Crippen LogP contribution in [0.2, 0.25) is 5.02 Å². The first-order chi connectivity index (χ1) is 7.22. The fourth-order valence-electron chi connectivity index (χ4n) is 1.36. The number of rotatable bonds is 5. The van der Waals surface area contributed by atoms with Crippen molar-refractivity contribution in [3.05, 3.63) is 22.7 Å². The molecule has 1 aromatic rings. The Bertz CT molecular complexity index is 326. The summed E-state index contributed by atoms with van der Waals surface area (Å²) >= 11 is 6.06. The van der Waals surface area contributed by atoms with Crippen molar-refractivity contribution in [2.75, 3.05) is 20.8 Å². The maximum atomic E-state index is 8.75. The topological polar surface area (TPSA) is 38.7 Å². The fourth-order valence-corrected chi connectivity index (χ4v) is 1.61. The molecule has 0 fully saturated rings. The Morgan fingerprint density at radius 1 is 1.20 bits per heavy atom. The Balaban J connectivity index is 2.97. The highest BCUT2D eigenvalue weighted by molar-refractivity contribution is 6.31. The van der Waals surface area contributed by atoms with Crippen LogP contribution < -0.4 is 9.47 Å². The van der Waals surface area contributed by atoms with Crippen LogP contribution >= 0.6 is 11.6 Å². The molecular formula is C11H15ClO3. The van der Waals surface area contributed by atoms with Crippen LogP contribution in [-0.2, 0) is 6.42 Å². The number of aliphatic hydroxyl groups is 1. The molecule has 3 nitrogen and oxygen atoms in total. The van der Waals surface area contributed by atoms with E-state index in [1.807, 2.05) is 6.07 Å². The molecule has 0 amide bonds. The minimum Gasteiger partial charge on any atom is -0.493 e. The van der Waals surface area contributed by atoms with Crippen molar-refractivity contribution >= 4 is 11.6 Å². The Hall–Kier alpha value is -0.930. The lowest BCUT2D eigenvalue weighted by Crippen LogP contribution is -1.95. The van der Waals surface area contributed by atoms with Crippen molar-refractivity contribution in [2.45, 2.75) is 12.8 Å². The fraction of sp³-hybridized carbons (Fsp3) is 0.455. The van der Waals surface area contributed by atoms with Gasteiger partial charge in [0.2, 0.25) is 0 Å². The lowest BCUT2D eigenvalue weighted by atomic mass is 10.1. The largest absolute Gasteiger partial charge is 0.493 e. The highest BCUT2D eigenvalue weighted by Crippen LogP contribution is 2.33. The van der Waals surface area contributed by atoms with Crippen LogP contribution in [-0.4, -0.2) is 25.9 Å². The Morgan fingerprint density at radius 2 is 1.80 bits per heavy atom. The van der Waals surface area contributed by atoms with Crippen LogP contribution in [0.25, 0.3) is 0 Å². The highest BCUT2D eigenvalue weighted by Gasteiger charge is 2.09. The number of aliphatic hydroxyl groups excluding tert-OH is 1. The Morgan fingerprint density at radius 3 is 2.33 bits per heavy atom. The monoisotopic (exact) mass is 230 g/mol. The molecule has 1 N–H and O–H groups in total. The lowest BCUT2D eigenvalue weighted by Gasteiger charge is -2.11. The van der Waals surface area contributed by atoms with E-state index in [1.54, 1.807) is 20.3 Å². The van der Waals surface area contributed by atoms with E-state index < -0.39 is 0 Å². The van der Waals surface area contributed by atoms with Gasteiger partial charge in [0, 0.05) is 17.7 Å². The predicted octanol–water partition coefficient (Wildman–Crippen LogP) is 2.28. The summed E-state index contributed by atoms with van der Waals surface area (Å²) in [6.45, 7) is 0.157. The lowest BCUT2D eigenvalue weighted by molar-refractivity contribution is 0.288. The van der Waals surface area contributed by atoms with Gasteiger partial charge in [-0.1, -0.05) is 11.6 Å². The van der Waals surface area contributed by atoms with Gasteiger partial charge >= 0.3 is 0 Å². The number of hydrogen-bond donors (Lipinski definition) is 1. The zero-order chi connectivity index (χ0) is 11.3. The zero-order valence-electron chi connectivity index (χ0n) is 8.92. The van der Waals surface area contributed by atoms with Crippen LogP contribution in [0.3, 0.4) is 0 Å². The minimum atomic E-state index is 0.157. The van der Waals surface area contributed by atoms with Gasteiger partial charge in [-0.15, -0.1) is 0 Å². The number of halogens is 1. The SMILES string of the molecule is COc1cc(Cl)c(CCCO)cc1OC. The van der Waals surface area contributed by atoms with Crippen LogP contribution in [0.15, 0.2) is 12.1 Å². The summed E-state index contributed by atoms with van der Waals surface area (Å²) in [4.78, 5) is 0. The number of ether oxygens (including phenoxy) is 2. The Labute approximate surface area is 94.6 Å². The third-order valence-electron chi connectivity index (χ3n) is 2.16. The van der Waals surface area contributed by atoms with Crippen LogP contribution in [0.1, 0.15) is 12.0 Å². The van der Waals surface area contributed by atoms with Crippen molar-refractivity contribution < 1.29 is 14.6 Å². The van der Waals surface area contributed by atoms with Crippen molar-refractivity contribution in [2.24, 2.45) is 0 Å². The average molecular weight is 231 g/mol. The zero-order valence-corrected chi connectivity index (χ0v) is 9.67. The molecule has 15 heavy (non-hydrogen) atoms. The predicted molar refractivity (Wildman–Crippen MR) is 60.0 cm³/mol. The van der Waals surface area contributed by atoms with Gasteiger partial charge in [0.25, 0.3) is 0 Å². The van der Waals surface area contributed by atoms with E-state index in [9.17, 15) is 0 Å². The van der Waals surface area contributed by atoms with Crippen LogP contribution in [0, 0.1) is 0 Å². The van der Waals surface area contributed by atoms with Gasteiger partial charge in [-0.3, -0.25) is 0 Å². The number of benzene rings is 1. The molecule has 0 aliphatic heterocycles. The molecule has 0 atom stereocenters. The summed E-state index contributed by atoms with van der Waals surface area (Å²) in [6.07, 6.45) is 1.42. The maximum absolute atomic E-state index is 8.75. The van der Waals surface area contributed by atoms with Gasteiger partial charge in [0.05, 0.1) is 14.2 Å². The van der Waals surface area contributed by atoms with Crippen molar-refractivity contribution in [1.29, 1.82) is 0 Å². The maximum Gasteiger partial charge on any atom is 0.162 e. The molecule has 1 rings (SSSR count). The molecule has 0 saturated carbocycles. The van der Waals surface area contributed by atoms with E-state index in [0.717, 1.165) is 12.0 Å². The molecule has 0 aromatic heterocycles. The minimum absolute atomic E-state index is 0.157. The molecule has 0 spiro atoms. The van der Waals surface area contributed by atoms with Crippen molar-refractivity contribution in [3.63, 3.8) is 0 Å². The van der Waals surface area contributed by atoms with Gasteiger partial charge in [-0.2, -0.15) is 0 Å². The van der Waals surface area contributed by atoms with E-state index in [1.165, 1.54) is 0 Å². The quantitative estimate of drug-likeness (QED) is 0.844. The molecular weight excluding hydrogens is 216 g/mol. The second-order valence-corrected chi connectivity index (χ2v) is 3.53. The summed E-state index contributed by atoms with van der Waals surface area (Å²) in [7, 11) is 3.16. The smallest absolute Gasteiger partial charge is 0.162 e. The highest BCUT2D eigenvalue weighted by atomic mass is 35.5. The second kappa shape index (κ2) is 5.83. The molecule has 0 aliphatic carbocycles. The van der Waals surface area contributed by atoms with E-state index in [2.05, 4.69) is 0 Å². The summed E-state index contributed by atoms with van der Waals surface area (Å²) in [5, 5.41) is 9.39. The van der Waals surface area contributed by atoms with Crippen molar-refractivity contribution in [3.8, 4) is 11.5 Å². The third kappa shape index (κ3) is 3.01. The van der Waals surface area contributed by atoms with Gasteiger partial charge in [0.15, 0.2) is 11.5 Å². The summed E-state index contributed by atoms with van der Waals surface area (Å²) in [6, 6.07) is 3.57. The molecule has 84 valence electrons. The summed E-state index contributed by atoms with van der Waals surface area (Å²) < 4.78 is 10.3. The Kier molecular flexibility index (Phi) is 4.72. The van der Waals surface area contributed by atoms with Gasteiger partial charge in [-0.05, 0) is 24.5 Å². The first-order valence-corrected chi connectivity index (χ1v) is 5.12. The van der Waals surface area contributed by atoms with E-state index in [0.29, 0.717) is 22.9 Å². The standard InChI is InChI=1S/C11H15ClO3/c1-14-10-6-8(4-3-5-13)9(12)7-11(10)15-2/h6-7,13H,3-5H2,1-2H3. The summed E-state index contributed by atoms with van der Waals surface area (Å²) in [5.74, 6) is 1.28.